The number of benzene rings is 1. The number of phenolic OH excluding ortho intramolecular Hbond substituents is 1. The molecule has 0 aromatic heterocycles. The third-order valence-electron chi connectivity index (χ3n) is 1.69. The first-order valence-corrected chi connectivity index (χ1v) is 3.77. The van der Waals surface area contributed by atoms with Gasteiger partial charge in [-0.25, -0.2) is 5.06 Å². The van der Waals surface area contributed by atoms with Gasteiger partial charge in [0.1, 0.15) is 5.75 Å². The number of hydroxylamine groups is 2. The number of hydrogen-bond donors (Lipinski definition) is 1. The smallest absolute Gasteiger partial charge is 0.280 e. The zero-order valence-electron chi connectivity index (χ0n) is 7.52. The van der Waals surface area contributed by atoms with Gasteiger partial charge < -0.3 is 5.11 Å². The Labute approximate surface area is 76.3 Å². The number of carbonyl (C=O) groups is 1. The molecule has 0 aliphatic carbocycles. The lowest BCUT2D eigenvalue weighted by molar-refractivity contribution is -0.0758. The Morgan fingerprint density at radius 2 is 2.08 bits per heavy atom. The molecule has 0 aliphatic rings. The van der Waals surface area contributed by atoms with Gasteiger partial charge in [0.05, 0.1) is 12.7 Å². The molecule has 0 bridgehead atoms. The second kappa shape index (κ2) is 3.91. The van der Waals surface area contributed by atoms with E-state index in [1.165, 1.54) is 26.3 Å². The highest BCUT2D eigenvalue weighted by Crippen LogP contribution is 2.16. The van der Waals surface area contributed by atoms with Gasteiger partial charge in [-0.1, -0.05) is 12.1 Å². The molecule has 1 amide bonds. The summed E-state index contributed by atoms with van der Waals surface area (Å²) in [4.78, 5) is 16.1. The fourth-order valence-electron chi connectivity index (χ4n) is 0.907. The van der Waals surface area contributed by atoms with E-state index in [1.54, 1.807) is 12.1 Å². The lowest BCUT2D eigenvalue weighted by Crippen LogP contribution is -2.25. The number of phenols is 1. The molecule has 0 saturated carbocycles. The predicted octanol–water partition coefficient (Wildman–Crippen LogP) is 1.03. The van der Waals surface area contributed by atoms with E-state index in [4.69, 9.17) is 4.84 Å². The van der Waals surface area contributed by atoms with Crippen LogP contribution < -0.4 is 0 Å². The number of hydrogen-bond acceptors (Lipinski definition) is 3. The normalized spacial score (nSPS) is 9.69. The minimum absolute atomic E-state index is 0.0450. The molecule has 0 radical (unpaired) electrons. The second-order valence-corrected chi connectivity index (χ2v) is 2.50. The number of nitrogens with zero attached hydrogens (tertiary/aromatic N) is 1. The summed E-state index contributed by atoms with van der Waals surface area (Å²) in [5, 5.41) is 10.4. The van der Waals surface area contributed by atoms with Crippen LogP contribution in [0.15, 0.2) is 24.3 Å². The fourth-order valence-corrected chi connectivity index (χ4v) is 0.907. The van der Waals surface area contributed by atoms with Crippen molar-refractivity contribution >= 4 is 5.91 Å². The largest absolute Gasteiger partial charge is 0.507 e. The summed E-state index contributed by atoms with van der Waals surface area (Å²) < 4.78 is 0. The molecule has 70 valence electrons. The number of rotatable bonds is 2. The highest BCUT2D eigenvalue weighted by atomic mass is 16.7. The zero-order valence-corrected chi connectivity index (χ0v) is 7.52. The Bertz CT molecular complexity index is 311. The molecular weight excluding hydrogens is 170 g/mol. The molecular formula is C9H11NO3. The molecule has 0 fully saturated rings. The van der Waals surface area contributed by atoms with Gasteiger partial charge in [-0.15, -0.1) is 0 Å². The van der Waals surface area contributed by atoms with Crippen molar-refractivity contribution in [3.8, 4) is 5.75 Å². The number of amides is 1. The van der Waals surface area contributed by atoms with Gasteiger partial charge in [0, 0.05) is 7.05 Å². The molecule has 1 aromatic rings. The molecule has 1 aromatic carbocycles. The van der Waals surface area contributed by atoms with Crippen molar-refractivity contribution in [2.24, 2.45) is 0 Å². The van der Waals surface area contributed by atoms with E-state index in [-0.39, 0.29) is 17.2 Å². The lowest BCUT2D eigenvalue weighted by atomic mass is 10.2. The summed E-state index contributed by atoms with van der Waals surface area (Å²) >= 11 is 0. The van der Waals surface area contributed by atoms with Crippen LogP contribution >= 0.6 is 0 Å². The minimum Gasteiger partial charge on any atom is -0.507 e. The molecule has 4 heteroatoms. The third kappa shape index (κ3) is 1.97. The predicted molar refractivity (Wildman–Crippen MR) is 47.2 cm³/mol. The van der Waals surface area contributed by atoms with Crippen molar-refractivity contribution in [1.82, 2.24) is 5.06 Å². The van der Waals surface area contributed by atoms with E-state index in [1.807, 2.05) is 0 Å². The molecule has 13 heavy (non-hydrogen) atoms. The van der Waals surface area contributed by atoms with Crippen molar-refractivity contribution in [3.63, 3.8) is 0 Å². The standard InChI is InChI=1S/C9H11NO3/c1-10(13-2)9(12)7-5-3-4-6-8(7)11/h3-6,11H,1-2H3. The van der Waals surface area contributed by atoms with Gasteiger partial charge in [-0.05, 0) is 12.1 Å². The summed E-state index contributed by atoms with van der Waals surface area (Å²) in [6.07, 6.45) is 0. The summed E-state index contributed by atoms with van der Waals surface area (Å²) in [7, 11) is 2.87. The van der Waals surface area contributed by atoms with Gasteiger partial charge in [0.2, 0.25) is 0 Å². The molecule has 0 spiro atoms. The second-order valence-electron chi connectivity index (χ2n) is 2.50. The molecule has 1 N–H and O–H groups in total. The Morgan fingerprint density at radius 1 is 1.46 bits per heavy atom. The minimum atomic E-state index is -0.374. The number of carbonyl (C=O) groups excluding carboxylic acids is 1. The first-order valence-electron chi connectivity index (χ1n) is 3.77. The van der Waals surface area contributed by atoms with Gasteiger partial charge >= 0.3 is 0 Å². The molecule has 0 unspecified atom stereocenters. The average molecular weight is 181 g/mol. The van der Waals surface area contributed by atoms with Crippen molar-refractivity contribution < 1.29 is 14.7 Å². The Morgan fingerprint density at radius 3 is 2.62 bits per heavy atom. The summed E-state index contributed by atoms with van der Waals surface area (Å²) in [5.41, 5.74) is 0.229. The lowest BCUT2D eigenvalue weighted by Gasteiger charge is -2.13. The maximum atomic E-state index is 11.4. The topological polar surface area (TPSA) is 49.8 Å². The first kappa shape index (κ1) is 9.54. The van der Waals surface area contributed by atoms with E-state index in [2.05, 4.69) is 0 Å². The van der Waals surface area contributed by atoms with Crippen LogP contribution in [0, 0.1) is 0 Å². The van der Waals surface area contributed by atoms with Gasteiger partial charge in [0.15, 0.2) is 0 Å². The van der Waals surface area contributed by atoms with E-state index < -0.39 is 0 Å². The molecule has 0 saturated heterocycles. The SMILES string of the molecule is CON(C)C(=O)c1ccccc1O. The Kier molecular flexibility index (Phi) is 2.87. The summed E-state index contributed by atoms with van der Waals surface area (Å²) in [5.74, 6) is -0.419. The van der Waals surface area contributed by atoms with Crippen LogP contribution in [0.1, 0.15) is 10.4 Å². The highest BCUT2D eigenvalue weighted by Gasteiger charge is 2.14. The summed E-state index contributed by atoms with van der Waals surface area (Å²) in [6, 6.07) is 6.32. The number of para-hydroxylation sites is 1. The van der Waals surface area contributed by atoms with Crippen LogP contribution in [0.3, 0.4) is 0 Å². The van der Waals surface area contributed by atoms with E-state index in [9.17, 15) is 9.90 Å². The van der Waals surface area contributed by atoms with Crippen LogP contribution in [0.5, 0.6) is 5.75 Å². The first-order chi connectivity index (χ1) is 6.16. The van der Waals surface area contributed by atoms with Crippen LogP contribution in [0.2, 0.25) is 0 Å². The van der Waals surface area contributed by atoms with Crippen molar-refractivity contribution in [2.75, 3.05) is 14.2 Å². The monoisotopic (exact) mass is 181 g/mol. The Balaban J connectivity index is 2.95. The van der Waals surface area contributed by atoms with Crippen LogP contribution in [0.25, 0.3) is 0 Å². The molecule has 1 rings (SSSR count). The summed E-state index contributed by atoms with van der Waals surface area (Å²) in [6.45, 7) is 0. The van der Waals surface area contributed by atoms with Gasteiger partial charge in [-0.2, -0.15) is 0 Å². The van der Waals surface area contributed by atoms with Gasteiger partial charge in [0.25, 0.3) is 5.91 Å². The fraction of sp³-hybridized carbons (Fsp3) is 0.222. The average Bonchev–Trinajstić information content (AvgIpc) is 2.16. The molecule has 0 atom stereocenters. The Hall–Kier alpha value is -1.55. The molecule has 0 aliphatic heterocycles. The van der Waals surface area contributed by atoms with E-state index >= 15 is 0 Å². The van der Waals surface area contributed by atoms with E-state index in [0.717, 1.165) is 5.06 Å². The highest BCUT2D eigenvalue weighted by molar-refractivity contribution is 5.95. The maximum Gasteiger partial charge on any atom is 0.280 e. The van der Waals surface area contributed by atoms with Gasteiger partial charge in [-0.3, -0.25) is 9.63 Å². The van der Waals surface area contributed by atoms with Crippen LogP contribution in [-0.2, 0) is 4.84 Å². The third-order valence-corrected chi connectivity index (χ3v) is 1.69. The number of aromatic hydroxyl groups is 1. The quantitative estimate of drug-likeness (QED) is 0.693. The van der Waals surface area contributed by atoms with Crippen molar-refractivity contribution in [2.45, 2.75) is 0 Å². The van der Waals surface area contributed by atoms with Crippen LogP contribution in [0.4, 0.5) is 0 Å². The van der Waals surface area contributed by atoms with Crippen LogP contribution in [-0.4, -0.2) is 30.2 Å². The van der Waals surface area contributed by atoms with E-state index in [0.29, 0.717) is 0 Å². The maximum absolute atomic E-state index is 11.4. The van der Waals surface area contributed by atoms with Crippen molar-refractivity contribution in [1.29, 1.82) is 0 Å². The zero-order chi connectivity index (χ0) is 9.84. The molecule has 0 heterocycles. The van der Waals surface area contributed by atoms with Crippen molar-refractivity contribution in [3.05, 3.63) is 29.8 Å². The molecule has 4 nitrogen and oxygen atoms in total.